The lowest BCUT2D eigenvalue weighted by Gasteiger charge is -2.26. The largest absolute Gasteiger partial charge is 0.416 e. The average molecular weight is 667 g/mol. The highest BCUT2D eigenvalue weighted by Gasteiger charge is 2.35. The Morgan fingerprint density at radius 1 is 0.911 bits per heavy atom. The van der Waals surface area contributed by atoms with Gasteiger partial charge < -0.3 is 9.80 Å². The molecule has 4 heterocycles. The fourth-order valence-electron chi connectivity index (χ4n) is 5.24. The third-order valence-corrected chi connectivity index (χ3v) is 8.87. The fourth-order valence-corrected chi connectivity index (χ4v) is 6.58. The third kappa shape index (κ3) is 5.70. The summed E-state index contributed by atoms with van der Waals surface area (Å²) in [6.45, 7) is 0.536. The SMILES string of the molecule is O=C1CCCN1c1cc(S(=O)(=O)Nc2c(F)cc(Cl)cc2F)cc2c1N(c1ncc(-n3ccc(C(F)(F)F)cc3=O)cn1)CC2. The van der Waals surface area contributed by atoms with Gasteiger partial charge in [0.05, 0.1) is 39.9 Å². The number of anilines is 4. The van der Waals surface area contributed by atoms with Crippen molar-refractivity contribution in [2.24, 2.45) is 0 Å². The van der Waals surface area contributed by atoms with Crippen molar-refractivity contribution in [1.82, 2.24) is 14.5 Å². The molecule has 45 heavy (non-hydrogen) atoms. The van der Waals surface area contributed by atoms with Gasteiger partial charge in [-0.2, -0.15) is 13.2 Å². The van der Waals surface area contributed by atoms with Crippen LogP contribution in [0.15, 0.2) is 64.7 Å². The van der Waals surface area contributed by atoms with Crippen LogP contribution in [0.4, 0.5) is 45.0 Å². The number of hydrogen-bond donors (Lipinski definition) is 1. The minimum absolute atomic E-state index is 0.0982. The molecule has 0 saturated carbocycles. The Hall–Kier alpha value is -4.57. The number of sulfonamides is 1. The number of carbonyl (C=O) groups is 1. The molecule has 0 bridgehead atoms. The second-order valence-electron chi connectivity index (χ2n) is 10.2. The molecule has 0 spiro atoms. The summed E-state index contributed by atoms with van der Waals surface area (Å²) in [6.07, 6.45) is -0.227. The van der Waals surface area contributed by atoms with Gasteiger partial charge in [0.15, 0.2) is 11.6 Å². The summed E-state index contributed by atoms with van der Waals surface area (Å²) in [4.78, 5) is 36.5. The van der Waals surface area contributed by atoms with Crippen LogP contribution in [0.5, 0.6) is 0 Å². The van der Waals surface area contributed by atoms with Crippen LogP contribution in [0.2, 0.25) is 5.02 Å². The second kappa shape index (κ2) is 11.1. The first-order chi connectivity index (χ1) is 21.2. The summed E-state index contributed by atoms with van der Waals surface area (Å²) in [5.74, 6) is -2.58. The van der Waals surface area contributed by atoms with Crippen molar-refractivity contribution in [2.75, 3.05) is 27.6 Å². The minimum Gasteiger partial charge on any atom is -0.310 e. The third-order valence-electron chi connectivity index (χ3n) is 7.33. The Balaban J connectivity index is 1.38. The van der Waals surface area contributed by atoms with Crippen molar-refractivity contribution in [1.29, 1.82) is 0 Å². The van der Waals surface area contributed by atoms with Crippen LogP contribution in [-0.2, 0) is 27.4 Å². The van der Waals surface area contributed by atoms with E-state index >= 15 is 0 Å². The van der Waals surface area contributed by atoms with Gasteiger partial charge in [0, 0.05) is 36.8 Å². The Labute approximate surface area is 256 Å². The molecule has 6 rings (SSSR count). The standard InChI is InChI=1S/C28H20ClF5N6O4S/c29-17-10-20(30)25(21(31)11-17)37-45(43,44)19-8-15-3-6-40(26(15)22(12-19)39-5-1-2-23(39)41)27-35-13-18(14-36-27)38-7-4-16(9-24(38)42)28(32,33)34/h4,7-14,37H,1-3,5-6H2. The molecule has 1 amide bonds. The van der Waals surface area contributed by atoms with E-state index < -0.39 is 44.6 Å². The van der Waals surface area contributed by atoms with Crippen molar-refractivity contribution >= 4 is 50.5 Å². The lowest BCUT2D eigenvalue weighted by atomic mass is 10.1. The molecule has 1 saturated heterocycles. The lowest BCUT2D eigenvalue weighted by molar-refractivity contribution is -0.137. The summed E-state index contributed by atoms with van der Waals surface area (Å²) >= 11 is 5.65. The average Bonchev–Trinajstić information content (AvgIpc) is 3.60. The molecule has 4 aromatic rings. The number of rotatable bonds is 6. The van der Waals surface area contributed by atoms with E-state index in [0.29, 0.717) is 23.7 Å². The maximum absolute atomic E-state index is 14.4. The van der Waals surface area contributed by atoms with E-state index in [-0.39, 0.29) is 59.1 Å². The number of fused-ring (bicyclic) bond motifs is 1. The van der Waals surface area contributed by atoms with Gasteiger partial charge in [0.1, 0.15) is 5.69 Å². The summed E-state index contributed by atoms with van der Waals surface area (Å²) in [5, 5.41) is -0.262. The molecular formula is C28H20ClF5N6O4S. The van der Waals surface area contributed by atoms with Crippen molar-refractivity contribution in [3.8, 4) is 5.69 Å². The van der Waals surface area contributed by atoms with Crippen LogP contribution in [0.3, 0.4) is 0 Å². The van der Waals surface area contributed by atoms with Gasteiger partial charge in [-0.05, 0) is 48.7 Å². The van der Waals surface area contributed by atoms with E-state index in [0.717, 1.165) is 29.0 Å². The van der Waals surface area contributed by atoms with Crippen molar-refractivity contribution in [3.63, 3.8) is 0 Å². The topological polar surface area (TPSA) is 117 Å². The molecule has 0 aliphatic carbocycles. The van der Waals surface area contributed by atoms with Crippen LogP contribution in [0.25, 0.3) is 5.69 Å². The first kappa shape index (κ1) is 30.5. The molecule has 17 heteroatoms. The van der Waals surface area contributed by atoms with E-state index in [1.54, 1.807) is 4.90 Å². The number of pyridine rings is 1. The van der Waals surface area contributed by atoms with Gasteiger partial charge in [0.25, 0.3) is 15.6 Å². The number of halogens is 6. The number of hydrogen-bond acceptors (Lipinski definition) is 7. The smallest absolute Gasteiger partial charge is 0.310 e. The molecule has 0 atom stereocenters. The Morgan fingerprint density at radius 2 is 1.60 bits per heavy atom. The maximum Gasteiger partial charge on any atom is 0.416 e. The molecular weight excluding hydrogens is 647 g/mol. The zero-order valence-corrected chi connectivity index (χ0v) is 24.3. The summed E-state index contributed by atoms with van der Waals surface area (Å²) < 4.78 is 97.4. The monoisotopic (exact) mass is 666 g/mol. The number of nitrogens with zero attached hydrogens (tertiary/aromatic N) is 5. The van der Waals surface area contributed by atoms with Gasteiger partial charge in [-0.15, -0.1) is 0 Å². The zero-order chi connectivity index (χ0) is 32.3. The van der Waals surface area contributed by atoms with Crippen LogP contribution < -0.4 is 20.1 Å². The van der Waals surface area contributed by atoms with Gasteiger partial charge in [-0.25, -0.2) is 27.2 Å². The predicted molar refractivity (Wildman–Crippen MR) is 154 cm³/mol. The molecule has 10 nitrogen and oxygen atoms in total. The van der Waals surface area contributed by atoms with Gasteiger partial charge in [0.2, 0.25) is 11.9 Å². The predicted octanol–water partition coefficient (Wildman–Crippen LogP) is 5.20. The summed E-state index contributed by atoms with van der Waals surface area (Å²) in [6, 6.07) is 5.28. The van der Waals surface area contributed by atoms with Gasteiger partial charge in [-0.3, -0.25) is 18.9 Å². The molecule has 2 aliphatic rings. The molecule has 2 aliphatic heterocycles. The number of aromatic nitrogens is 3. The number of alkyl halides is 3. The van der Waals surface area contributed by atoms with E-state index in [2.05, 4.69) is 9.97 Å². The molecule has 1 fully saturated rings. The number of amides is 1. The molecule has 0 unspecified atom stereocenters. The van der Waals surface area contributed by atoms with E-state index in [1.807, 2.05) is 4.72 Å². The molecule has 234 valence electrons. The quantitative estimate of drug-likeness (QED) is 0.281. The van der Waals surface area contributed by atoms with Crippen molar-refractivity contribution < 1.29 is 35.2 Å². The zero-order valence-electron chi connectivity index (χ0n) is 22.8. The highest BCUT2D eigenvalue weighted by Crippen LogP contribution is 2.44. The van der Waals surface area contributed by atoms with E-state index in [1.165, 1.54) is 29.4 Å². The van der Waals surface area contributed by atoms with Crippen LogP contribution in [-0.4, -0.2) is 41.9 Å². The molecule has 1 N–H and O–H groups in total. The molecule has 2 aromatic carbocycles. The van der Waals surface area contributed by atoms with Gasteiger partial charge in [-0.1, -0.05) is 11.6 Å². The second-order valence-corrected chi connectivity index (χ2v) is 12.3. The van der Waals surface area contributed by atoms with Crippen molar-refractivity contribution in [3.05, 3.63) is 93.1 Å². The number of benzene rings is 2. The Morgan fingerprint density at radius 3 is 2.20 bits per heavy atom. The highest BCUT2D eigenvalue weighted by atomic mass is 35.5. The highest BCUT2D eigenvalue weighted by molar-refractivity contribution is 7.92. The molecule has 0 radical (unpaired) electrons. The summed E-state index contributed by atoms with van der Waals surface area (Å²) in [7, 11) is -4.56. The van der Waals surface area contributed by atoms with E-state index in [9.17, 15) is 40.0 Å². The van der Waals surface area contributed by atoms with Crippen LogP contribution in [0.1, 0.15) is 24.0 Å². The molecule has 2 aromatic heterocycles. The first-order valence-electron chi connectivity index (χ1n) is 13.3. The Kier molecular flexibility index (Phi) is 7.51. The maximum atomic E-state index is 14.4. The Bertz CT molecular complexity index is 2000. The normalized spacial score (nSPS) is 15.1. The fraction of sp³-hybridized carbons (Fsp3) is 0.214. The van der Waals surface area contributed by atoms with Crippen LogP contribution in [0, 0.1) is 11.6 Å². The van der Waals surface area contributed by atoms with Crippen LogP contribution >= 0.6 is 11.6 Å². The number of carbonyl (C=O) groups excluding carboxylic acids is 1. The van der Waals surface area contributed by atoms with Crippen molar-refractivity contribution in [2.45, 2.75) is 30.3 Å². The first-order valence-corrected chi connectivity index (χ1v) is 15.1. The summed E-state index contributed by atoms with van der Waals surface area (Å²) in [5.41, 5.74) is -1.72. The number of nitrogens with one attached hydrogen (secondary N) is 1. The van der Waals surface area contributed by atoms with E-state index in [4.69, 9.17) is 11.6 Å². The van der Waals surface area contributed by atoms with Gasteiger partial charge >= 0.3 is 6.18 Å². The minimum atomic E-state index is -4.69. The lowest BCUT2D eigenvalue weighted by Crippen LogP contribution is -2.27.